The fourth-order valence-corrected chi connectivity index (χ4v) is 2.24. The van der Waals surface area contributed by atoms with Gasteiger partial charge in [-0.25, -0.2) is 4.79 Å². The van der Waals surface area contributed by atoms with Crippen LogP contribution in [0, 0.1) is 0 Å². The van der Waals surface area contributed by atoms with Crippen LogP contribution in [0.1, 0.15) is 28.9 Å². The lowest BCUT2D eigenvalue weighted by Gasteiger charge is -2.24. The maximum atomic E-state index is 12.4. The van der Waals surface area contributed by atoms with Gasteiger partial charge in [-0.1, -0.05) is 30.3 Å². The van der Waals surface area contributed by atoms with Gasteiger partial charge < -0.3 is 19.9 Å². The van der Waals surface area contributed by atoms with Crippen LogP contribution < -0.4 is 10.1 Å². The molecular weight excluding hydrogens is 294 g/mol. The van der Waals surface area contributed by atoms with Crippen molar-refractivity contribution >= 4 is 5.97 Å². The molecule has 122 valence electrons. The van der Waals surface area contributed by atoms with Gasteiger partial charge in [0.25, 0.3) is 0 Å². The molecule has 2 aromatic rings. The fraction of sp³-hybridized carbons (Fsp3) is 0.278. The molecule has 2 atom stereocenters. The second-order valence-corrected chi connectivity index (χ2v) is 5.20. The Morgan fingerprint density at radius 1 is 1.17 bits per heavy atom. The number of benzene rings is 2. The average molecular weight is 315 g/mol. The first-order valence-corrected chi connectivity index (χ1v) is 7.37. The summed E-state index contributed by atoms with van der Waals surface area (Å²) in [5.74, 6) is -0.260. The molecule has 0 saturated carbocycles. The number of rotatable bonds is 6. The Kier molecular flexibility index (Phi) is 5.60. The fourth-order valence-electron chi connectivity index (χ4n) is 2.24. The molecule has 23 heavy (non-hydrogen) atoms. The summed E-state index contributed by atoms with van der Waals surface area (Å²) in [6.07, 6.45) is -0.423. The SMILES string of the molecule is CN[C@H](C)[C@@H](OC(=O)c1ccc(O)c(OC)c1)c1ccccc1. The van der Waals surface area contributed by atoms with Crippen molar-refractivity contribution in [3.05, 3.63) is 59.7 Å². The number of aromatic hydroxyl groups is 1. The van der Waals surface area contributed by atoms with E-state index >= 15 is 0 Å². The molecule has 5 heteroatoms. The minimum absolute atomic E-state index is 0.0211. The molecule has 0 spiro atoms. The van der Waals surface area contributed by atoms with E-state index < -0.39 is 12.1 Å². The average Bonchev–Trinajstić information content (AvgIpc) is 2.60. The minimum atomic E-state index is -0.473. The lowest BCUT2D eigenvalue weighted by molar-refractivity contribution is 0.0219. The van der Waals surface area contributed by atoms with Crippen molar-refractivity contribution in [1.29, 1.82) is 0 Å². The van der Waals surface area contributed by atoms with Crippen molar-refractivity contribution in [3.63, 3.8) is 0 Å². The second kappa shape index (κ2) is 7.65. The van der Waals surface area contributed by atoms with Gasteiger partial charge in [0.2, 0.25) is 0 Å². The molecule has 0 aliphatic rings. The highest BCUT2D eigenvalue weighted by atomic mass is 16.5. The number of likely N-dealkylation sites (N-methyl/N-ethyl adjacent to an activating group) is 1. The lowest BCUT2D eigenvalue weighted by Crippen LogP contribution is -2.32. The summed E-state index contributed by atoms with van der Waals surface area (Å²) in [4.78, 5) is 12.4. The Balaban J connectivity index is 2.24. The number of hydrogen-bond acceptors (Lipinski definition) is 5. The van der Waals surface area contributed by atoms with Crippen molar-refractivity contribution in [2.45, 2.75) is 19.1 Å². The zero-order valence-electron chi connectivity index (χ0n) is 13.4. The van der Waals surface area contributed by atoms with Crippen LogP contribution in [0.3, 0.4) is 0 Å². The normalized spacial score (nSPS) is 13.2. The molecule has 2 aromatic carbocycles. The highest BCUT2D eigenvalue weighted by molar-refractivity contribution is 5.90. The van der Waals surface area contributed by atoms with Crippen LogP contribution in [0.5, 0.6) is 11.5 Å². The van der Waals surface area contributed by atoms with Gasteiger partial charge >= 0.3 is 5.97 Å². The number of phenols is 1. The van der Waals surface area contributed by atoms with Gasteiger partial charge in [0.1, 0.15) is 6.10 Å². The standard InChI is InChI=1S/C18H21NO4/c1-12(19-2)17(13-7-5-4-6-8-13)23-18(21)14-9-10-15(20)16(11-14)22-3/h4-12,17,19-20H,1-3H3/t12-,17-/m1/s1. The number of carbonyl (C=O) groups excluding carboxylic acids is 1. The predicted molar refractivity (Wildman–Crippen MR) is 87.8 cm³/mol. The van der Waals surface area contributed by atoms with Crippen molar-refractivity contribution in [1.82, 2.24) is 5.32 Å². The summed E-state index contributed by atoms with van der Waals surface area (Å²) < 4.78 is 10.7. The van der Waals surface area contributed by atoms with Gasteiger partial charge in [-0.05, 0) is 37.7 Å². The first-order chi connectivity index (χ1) is 11.1. The number of esters is 1. The van der Waals surface area contributed by atoms with Crippen LogP contribution in [-0.4, -0.2) is 31.3 Å². The number of methoxy groups -OCH3 is 1. The van der Waals surface area contributed by atoms with E-state index in [4.69, 9.17) is 9.47 Å². The molecule has 0 aliphatic carbocycles. The molecule has 0 aliphatic heterocycles. The quantitative estimate of drug-likeness (QED) is 0.802. The molecule has 0 unspecified atom stereocenters. The lowest BCUT2D eigenvalue weighted by atomic mass is 10.0. The molecule has 0 aromatic heterocycles. The summed E-state index contributed by atoms with van der Waals surface area (Å²) in [5, 5.41) is 12.7. The summed E-state index contributed by atoms with van der Waals surface area (Å²) in [6.45, 7) is 1.95. The van der Waals surface area contributed by atoms with E-state index in [9.17, 15) is 9.90 Å². The predicted octanol–water partition coefficient (Wildman–Crippen LogP) is 2.91. The van der Waals surface area contributed by atoms with E-state index in [1.54, 1.807) is 0 Å². The number of ether oxygens (including phenoxy) is 2. The molecule has 0 saturated heterocycles. The first-order valence-electron chi connectivity index (χ1n) is 7.37. The maximum Gasteiger partial charge on any atom is 0.338 e. The molecule has 2 N–H and O–H groups in total. The number of phenolic OH excluding ortho intramolecular Hbond substituents is 1. The van der Waals surface area contributed by atoms with Gasteiger partial charge in [-0.2, -0.15) is 0 Å². The van der Waals surface area contributed by atoms with Gasteiger partial charge in [0, 0.05) is 6.04 Å². The highest BCUT2D eigenvalue weighted by Gasteiger charge is 2.23. The summed E-state index contributed by atoms with van der Waals surface area (Å²) >= 11 is 0. The third-order valence-electron chi connectivity index (χ3n) is 3.69. The molecule has 0 heterocycles. The van der Waals surface area contributed by atoms with Crippen molar-refractivity contribution in [2.24, 2.45) is 0 Å². The molecule has 2 rings (SSSR count). The molecule has 5 nitrogen and oxygen atoms in total. The molecule has 0 amide bonds. The molecule has 0 bridgehead atoms. The van der Waals surface area contributed by atoms with Gasteiger partial charge in [-0.3, -0.25) is 0 Å². The van der Waals surface area contributed by atoms with E-state index in [2.05, 4.69) is 5.32 Å². The zero-order chi connectivity index (χ0) is 16.8. The summed E-state index contributed by atoms with van der Waals surface area (Å²) in [7, 11) is 3.25. The topological polar surface area (TPSA) is 67.8 Å². The minimum Gasteiger partial charge on any atom is -0.504 e. The smallest absolute Gasteiger partial charge is 0.338 e. The van der Waals surface area contributed by atoms with Gasteiger partial charge in [0.05, 0.1) is 12.7 Å². The Morgan fingerprint density at radius 3 is 2.48 bits per heavy atom. The van der Waals surface area contributed by atoms with Crippen LogP contribution in [0.4, 0.5) is 0 Å². The molecule has 0 radical (unpaired) electrons. The van der Waals surface area contributed by atoms with Crippen molar-refractivity contribution in [2.75, 3.05) is 14.2 Å². The van der Waals surface area contributed by atoms with E-state index in [0.717, 1.165) is 5.56 Å². The first kappa shape index (κ1) is 16.8. The summed E-state index contributed by atoms with van der Waals surface area (Å²) in [5.41, 5.74) is 1.23. The van der Waals surface area contributed by atoms with E-state index in [0.29, 0.717) is 5.56 Å². The molecular formula is C18H21NO4. The Morgan fingerprint density at radius 2 is 1.87 bits per heavy atom. The monoisotopic (exact) mass is 315 g/mol. The zero-order valence-corrected chi connectivity index (χ0v) is 13.4. The number of carbonyl (C=O) groups is 1. The van der Waals surface area contributed by atoms with Gasteiger partial charge in [-0.15, -0.1) is 0 Å². The van der Waals surface area contributed by atoms with Crippen LogP contribution in [0.2, 0.25) is 0 Å². The van der Waals surface area contributed by atoms with Crippen LogP contribution in [-0.2, 0) is 4.74 Å². The van der Waals surface area contributed by atoms with Crippen molar-refractivity contribution in [3.8, 4) is 11.5 Å². The number of nitrogens with one attached hydrogen (secondary N) is 1. The Hall–Kier alpha value is -2.53. The Labute approximate surface area is 135 Å². The largest absolute Gasteiger partial charge is 0.504 e. The van der Waals surface area contributed by atoms with Crippen LogP contribution in [0.25, 0.3) is 0 Å². The Bertz CT molecular complexity index is 657. The molecule has 0 fully saturated rings. The van der Waals surface area contributed by atoms with Crippen LogP contribution >= 0.6 is 0 Å². The second-order valence-electron chi connectivity index (χ2n) is 5.20. The van der Waals surface area contributed by atoms with E-state index in [1.165, 1.54) is 25.3 Å². The summed E-state index contributed by atoms with van der Waals surface area (Å²) in [6, 6.07) is 13.9. The van der Waals surface area contributed by atoms with E-state index in [-0.39, 0.29) is 17.5 Å². The van der Waals surface area contributed by atoms with E-state index in [1.807, 2.05) is 44.3 Å². The van der Waals surface area contributed by atoms with Crippen LogP contribution in [0.15, 0.2) is 48.5 Å². The maximum absolute atomic E-state index is 12.4. The van der Waals surface area contributed by atoms with Crippen molar-refractivity contribution < 1.29 is 19.4 Å². The number of hydrogen-bond donors (Lipinski definition) is 2. The third-order valence-corrected chi connectivity index (χ3v) is 3.69. The highest BCUT2D eigenvalue weighted by Crippen LogP contribution is 2.28. The van der Waals surface area contributed by atoms with Gasteiger partial charge in [0.15, 0.2) is 11.5 Å². The third kappa shape index (κ3) is 4.02.